The number of methoxy groups -OCH3 is 1. The van der Waals surface area contributed by atoms with Gasteiger partial charge in [-0.15, -0.1) is 0 Å². The van der Waals surface area contributed by atoms with Gasteiger partial charge in [-0.05, 0) is 38.0 Å². The van der Waals surface area contributed by atoms with E-state index in [0.717, 1.165) is 17.3 Å². The van der Waals surface area contributed by atoms with Crippen molar-refractivity contribution in [1.29, 1.82) is 0 Å². The molecule has 1 aromatic heterocycles. The minimum atomic E-state index is 0.558. The molecule has 2 aromatic rings. The van der Waals surface area contributed by atoms with Gasteiger partial charge in [-0.25, -0.2) is 4.98 Å². The van der Waals surface area contributed by atoms with Gasteiger partial charge in [0, 0.05) is 17.9 Å². The fourth-order valence-electron chi connectivity index (χ4n) is 2.94. The van der Waals surface area contributed by atoms with Gasteiger partial charge in [0.05, 0.1) is 17.8 Å². The van der Waals surface area contributed by atoms with Gasteiger partial charge in [-0.3, -0.25) is 0 Å². The van der Waals surface area contributed by atoms with Crippen molar-refractivity contribution >= 4 is 23.2 Å². The number of halogens is 1. The molecular formula is C16H20ClN3O. The lowest BCUT2D eigenvalue weighted by atomic mass is 10.2. The summed E-state index contributed by atoms with van der Waals surface area (Å²) in [5, 5.41) is 3.97. The standard InChI is InChI=1S/C16H20ClN3O/c1-11-10-20(13-5-3-4-6-13)16(18-11)19-12-7-8-15(21-2)14(17)9-12/h7-10,13H,3-6H2,1-2H3,(H,18,19). The fourth-order valence-corrected chi connectivity index (χ4v) is 3.20. The van der Waals surface area contributed by atoms with E-state index in [1.807, 2.05) is 25.1 Å². The van der Waals surface area contributed by atoms with Gasteiger partial charge in [0.2, 0.25) is 5.95 Å². The van der Waals surface area contributed by atoms with Crippen molar-refractivity contribution in [2.75, 3.05) is 12.4 Å². The first-order valence-corrected chi connectivity index (χ1v) is 7.71. The van der Waals surface area contributed by atoms with Crippen molar-refractivity contribution in [2.45, 2.75) is 38.6 Å². The third-order valence-electron chi connectivity index (χ3n) is 3.98. The van der Waals surface area contributed by atoms with Crippen LogP contribution in [0.3, 0.4) is 0 Å². The minimum absolute atomic E-state index is 0.558. The third kappa shape index (κ3) is 3.00. The summed E-state index contributed by atoms with van der Waals surface area (Å²) >= 11 is 6.18. The maximum absolute atomic E-state index is 6.18. The Balaban J connectivity index is 1.85. The molecule has 112 valence electrons. The van der Waals surface area contributed by atoms with Crippen LogP contribution in [-0.4, -0.2) is 16.7 Å². The predicted molar refractivity (Wildman–Crippen MR) is 85.8 cm³/mol. The van der Waals surface area contributed by atoms with E-state index in [0.29, 0.717) is 16.8 Å². The van der Waals surface area contributed by atoms with Crippen LogP contribution in [-0.2, 0) is 0 Å². The largest absolute Gasteiger partial charge is 0.495 e. The first-order valence-electron chi connectivity index (χ1n) is 7.33. The summed E-state index contributed by atoms with van der Waals surface area (Å²) in [6, 6.07) is 6.24. The zero-order valence-corrected chi connectivity index (χ0v) is 13.2. The molecule has 0 atom stereocenters. The van der Waals surface area contributed by atoms with E-state index in [4.69, 9.17) is 16.3 Å². The molecule has 1 aliphatic rings. The normalized spacial score (nSPS) is 15.4. The van der Waals surface area contributed by atoms with E-state index in [9.17, 15) is 0 Å². The third-order valence-corrected chi connectivity index (χ3v) is 4.27. The fraction of sp³-hybridized carbons (Fsp3) is 0.438. The van der Waals surface area contributed by atoms with Gasteiger partial charge in [0.25, 0.3) is 0 Å². The number of aromatic nitrogens is 2. The maximum atomic E-state index is 6.18. The molecule has 0 bridgehead atoms. The van der Waals surface area contributed by atoms with Crippen LogP contribution in [0.2, 0.25) is 5.02 Å². The highest BCUT2D eigenvalue weighted by molar-refractivity contribution is 6.32. The van der Waals surface area contributed by atoms with Crippen molar-refractivity contribution in [3.05, 3.63) is 35.1 Å². The van der Waals surface area contributed by atoms with E-state index >= 15 is 0 Å². The van der Waals surface area contributed by atoms with Crippen LogP contribution in [0.25, 0.3) is 0 Å². The monoisotopic (exact) mass is 305 g/mol. The van der Waals surface area contributed by atoms with Crippen LogP contribution in [0.1, 0.15) is 37.4 Å². The number of ether oxygens (including phenoxy) is 1. The molecule has 1 heterocycles. The van der Waals surface area contributed by atoms with Crippen LogP contribution in [0.15, 0.2) is 24.4 Å². The summed E-state index contributed by atoms with van der Waals surface area (Å²) in [4.78, 5) is 4.60. The summed E-state index contributed by atoms with van der Waals surface area (Å²) < 4.78 is 7.44. The average Bonchev–Trinajstić information content (AvgIpc) is 3.08. The van der Waals surface area contributed by atoms with E-state index in [1.165, 1.54) is 25.7 Å². The summed E-state index contributed by atoms with van der Waals surface area (Å²) in [5.41, 5.74) is 1.95. The van der Waals surface area contributed by atoms with Crippen molar-refractivity contribution in [1.82, 2.24) is 9.55 Å². The van der Waals surface area contributed by atoms with E-state index in [1.54, 1.807) is 7.11 Å². The Morgan fingerprint density at radius 3 is 2.76 bits per heavy atom. The molecule has 1 aliphatic carbocycles. The SMILES string of the molecule is COc1ccc(Nc2nc(C)cn2C2CCCC2)cc1Cl. The number of aryl methyl sites for hydroxylation is 1. The first-order chi connectivity index (χ1) is 10.2. The number of hydrogen-bond acceptors (Lipinski definition) is 3. The first kappa shape index (κ1) is 14.3. The molecule has 0 aliphatic heterocycles. The number of imidazole rings is 1. The molecule has 5 heteroatoms. The number of nitrogens with one attached hydrogen (secondary N) is 1. The molecule has 1 saturated carbocycles. The molecular weight excluding hydrogens is 286 g/mol. The maximum Gasteiger partial charge on any atom is 0.207 e. The average molecular weight is 306 g/mol. The second kappa shape index (κ2) is 5.98. The van der Waals surface area contributed by atoms with Crippen LogP contribution in [0, 0.1) is 6.92 Å². The molecule has 0 saturated heterocycles. The summed E-state index contributed by atoms with van der Waals surface area (Å²) in [6.07, 6.45) is 7.19. The molecule has 1 aromatic carbocycles. The van der Waals surface area contributed by atoms with Crippen LogP contribution in [0.5, 0.6) is 5.75 Å². The second-order valence-electron chi connectivity index (χ2n) is 5.53. The lowest BCUT2D eigenvalue weighted by Crippen LogP contribution is -2.07. The number of hydrogen-bond donors (Lipinski definition) is 1. The molecule has 1 N–H and O–H groups in total. The quantitative estimate of drug-likeness (QED) is 0.889. The Morgan fingerprint density at radius 2 is 2.10 bits per heavy atom. The molecule has 0 spiro atoms. The van der Waals surface area contributed by atoms with Gasteiger partial charge in [-0.1, -0.05) is 24.4 Å². The Kier molecular flexibility index (Phi) is 4.06. The topological polar surface area (TPSA) is 39.1 Å². The molecule has 0 amide bonds. The van der Waals surface area contributed by atoms with Gasteiger partial charge in [-0.2, -0.15) is 0 Å². The Morgan fingerprint density at radius 1 is 1.33 bits per heavy atom. The molecule has 0 radical (unpaired) electrons. The van der Waals surface area contributed by atoms with Crippen LogP contribution in [0.4, 0.5) is 11.6 Å². The van der Waals surface area contributed by atoms with Gasteiger partial charge < -0.3 is 14.6 Å². The number of anilines is 2. The van der Waals surface area contributed by atoms with Crippen LogP contribution < -0.4 is 10.1 Å². The van der Waals surface area contributed by atoms with E-state index in [2.05, 4.69) is 21.1 Å². The molecule has 0 unspecified atom stereocenters. The Hall–Kier alpha value is -1.68. The van der Waals surface area contributed by atoms with Gasteiger partial charge in [0.1, 0.15) is 5.75 Å². The summed E-state index contributed by atoms with van der Waals surface area (Å²) in [5.74, 6) is 1.57. The number of rotatable bonds is 4. The molecule has 3 rings (SSSR count). The highest BCUT2D eigenvalue weighted by Gasteiger charge is 2.20. The summed E-state index contributed by atoms with van der Waals surface area (Å²) in [7, 11) is 1.62. The number of benzene rings is 1. The Labute approximate surface area is 130 Å². The zero-order valence-electron chi connectivity index (χ0n) is 12.4. The van der Waals surface area contributed by atoms with Crippen molar-refractivity contribution in [3.63, 3.8) is 0 Å². The highest BCUT2D eigenvalue weighted by Crippen LogP contribution is 2.34. The number of nitrogens with zero attached hydrogens (tertiary/aromatic N) is 2. The molecule has 1 fully saturated rings. The predicted octanol–water partition coefficient (Wildman–Crippen LogP) is 4.71. The lowest BCUT2D eigenvalue weighted by Gasteiger charge is -2.16. The molecule has 21 heavy (non-hydrogen) atoms. The van der Waals surface area contributed by atoms with Crippen LogP contribution >= 0.6 is 11.6 Å². The van der Waals surface area contributed by atoms with Gasteiger partial charge in [0.15, 0.2) is 0 Å². The lowest BCUT2D eigenvalue weighted by molar-refractivity contribution is 0.415. The van der Waals surface area contributed by atoms with Crippen molar-refractivity contribution in [2.24, 2.45) is 0 Å². The second-order valence-corrected chi connectivity index (χ2v) is 5.93. The highest BCUT2D eigenvalue weighted by atomic mass is 35.5. The Bertz CT molecular complexity index is 632. The van der Waals surface area contributed by atoms with Crippen molar-refractivity contribution < 1.29 is 4.74 Å². The van der Waals surface area contributed by atoms with Crippen molar-refractivity contribution in [3.8, 4) is 5.75 Å². The molecule has 4 nitrogen and oxygen atoms in total. The smallest absolute Gasteiger partial charge is 0.207 e. The summed E-state index contributed by atoms with van der Waals surface area (Å²) in [6.45, 7) is 2.03. The zero-order chi connectivity index (χ0) is 14.8. The van der Waals surface area contributed by atoms with Gasteiger partial charge >= 0.3 is 0 Å². The minimum Gasteiger partial charge on any atom is -0.495 e. The van der Waals surface area contributed by atoms with E-state index in [-0.39, 0.29) is 0 Å². The van der Waals surface area contributed by atoms with E-state index < -0.39 is 0 Å².